The molecule has 2 aromatic rings. The number of aromatic nitrogens is 1. The number of pyridine rings is 1. The number of nitrogens with one attached hydrogen (secondary N) is 1. The number of nitrogens with zero attached hydrogens (tertiary/aromatic N) is 1. The number of nitrogens with two attached hydrogens (primary N) is 1. The summed E-state index contributed by atoms with van der Waals surface area (Å²) in [5, 5.41) is 0.544. The predicted octanol–water partition coefficient (Wildman–Crippen LogP) is 3.07. The molecule has 1 aliphatic rings. The molecular formula is C14H15F2N3. The van der Waals surface area contributed by atoms with Crippen LogP contribution in [0.3, 0.4) is 0 Å². The number of fused-ring (bicyclic) bond motifs is 2. The Morgan fingerprint density at radius 2 is 1.89 bits per heavy atom. The average Bonchev–Trinajstić information content (AvgIpc) is 2.66. The van der Waals surface area contributed by atoms with Gasteiger partial charge < -0.3 is 5.43 Å². The van der Waals surface area contributed by atoms with Crippen LogP contribution in [0.2, 0.25) is 0 Å². The SMILES string of the molecule is NNc1c2c(nc3c(F)c(F)ccc13)CCCCC2. The van der Waals surface area contributed by atoms with Gasteiger partial charge in [0.25, 0.3) is 0 Å². The highest BCUT2D eigenvalue weighted by Gasteiger charge is 2.19. The van der Waals surface area contributed by atoms with E-state index in [4.69, 9.17) is 5.84 Å². The van der Waals surface area contributed by atoms with E-state index in [2.05, 4.69) is 10.4 Å². The standard InChI is InChI=1S/C14H15F2N3/c15-10-7-6-9-13(19-17)8-4-2-1-3-5-11(8)18-14(9)12(10)16/h6-7H,1-5,17H2,(H,18,19). The summed E-state index contributed by atoms with van der Waals surface area (Å²) >= 11 is 0. The fourth-order valence-corrected chi connectivity index (χ4v) is 2.77. The summed E-state index contributed by atoms with van der Waals surface area (Å²) in [6, 6.07) is 2.64. The highest BCUT2D eigenvalue weighted by atomic mass is 19.2. The molecule has 1 heterocycles. The van der Waals surface area contributed by atoms with Gasteiger partial charge in [-0.1, -0.05) is 6.42 Å². The Morgan fingerprint density at radius 1 is 1.11 bits per heavy atom. The first-order valence-corrected chi connectivity index (χ1v) is 6.48. The Morgan fingerprint density at radius 3 is 2.68 bits per heavy atom. The molecule has 19 heavy (non-hydrogen) atoms. The van der Waals surface area contributed by atoms with E-state index in [1.807, 2.05) is 0 Å². The van der Waals surface area contributed by atoms with E-state index in [9.17, 15) is 8.78 Å². The molecule has 0 bridgehead atoms. The quantitative estimate of drug-likeness (QED) is 0.472. The predicted molar refractivity (Wildman–Crippen MR) is 70.7 cm³/mol. The smallest absolute Gasteiger partial charge is 0.185 e. The van der Waals surface area contributed by atoms with Gasteiger partial charge in [0.05, 0.1) is 5.69 Å². The molecule has 1 aliphatic carbocycles. The molecule has 100 valence electrons. The molecule has 0 amide bonds. The monoisotopic (exact) mass is 263 g/mol. The zero-order valence-electron chi connectivity index (χ0n) is 10.5. The Balaban J connectivity index is 2.36. The summed E-state index contributed by atoms with van der Waals surface area (Å²) in [5.41, 5.74) is 5.26. The van der Waals surface area contributed by atoms with Gasteiger partial charge in [-0.3, -0.25) is 5.84 Å². The average molecular weight is 263 g/mol. The fraction of sp³-hybridized carbons (Fsp3) is 0.357. The van der Waals surface area contributed by atoms with Crippen LogP contribution < -0.4 is 11.3 Å². The Hall–Kier alpha value is -1.75. The molecule has 1 aromatic carbocycles. The van der Waals surface area contributed by atoms with E-state index < -0.39 is 11.6 Å². The van der Waals surface area contributed by atoms with E-state index >= 15 is 0 Å². The number of nitrogen functional groups attached to an aromatic ring is 1. The van der Waals surface area contributed by atoms with Crippen LogP contribution in [-0.4, -0.2) is 4.98 Å². The van der Waals surface area contributed by atoms with Gasteiger partial charge >= 0.3 is 0 Å². The zero-order valence-corrected chi connectivity index (χ0v) is 10.5. The maximum absolute atomic E-state index is 13.9. The molecule has 1 aromatic heterocycles. The minimum Gasteiger partial charge on any atom is -0.323 e. The number of rotatable bonds is 1. The summed E-state index contributed by atoms with van der Waals surface area (Å²) in [5.74, 6) is 3.81. The van der Waals surface area contributed by atoms with Gasteiger partial charge in [0, 0.05) is 11.1 Å². The van der Waals surface area contributed by atoms with Gasteiger partial charge in [-0.05, 0) is 43.4 Å². The largest absolute Gasteiger partial charge is 0.323 e. The lowest BCUT2D eigenvalue weighted by Gasteiger charge is -2.15. The van der Waals surface area contributed by atoms with E-state index in [0.717, 1.165) is 49.4 Å². The first kappa shape index (κ1) is 12.3. The molecule has 3 N–H and O–H groups in total. The number of halogens is 2. The normalized spacial score (nSPS) is 15.1. The van der Waals surface area contributed by atoms with Crippen LogP contribution in [0.4, 0.5) is 14.5 Å². The van der Waals surface area contributed by atoms with E-state index in [-0.39, 0.29) is 5.52 Å². The minimum absolute atomic E-state index is 0.0635. The molecular weight excluding hydrogens is 248 g/mol. The molecule has 5 heteroatoms. The number of anilines is 1. The van der Waals surface area contributed by atoms with Crippen molar-refractivity contribution in [1.29, 1.82) is 0 Å². The van der Waals surface area contributed by atoms with Gasteiger partial charge in [-0.15, -0.1) is 0 Å². The number of hydrogen-bond acceptors (Lipinski definition) is 3. The maximum Gasteiger partial charge on any atom is 0.185 e. The summed E-state index contributed by atoms with van der Waals surface area (Å²) < 4.78 is 27.2. The van der Waals surface area contributed by atoms with Gasteiger partial charge in [-0.25, -0.2) is 13.8 Å². The Kier molecular flexibility index (Phi) is 3.06. The molecule has 0 unspecified atom stereocenters. The number of benzene rings is 1. The van der Waals surface area contributed by atoms with E-state index in [0.29, 0.717) is 11.1 Å². The molecule has 3 rings (SSSR count). The first-order chi connectivity index (χ1) is 9.22. The summed E-state index contributed by atoms with van der Waals surface area (Å²) in [4.78, 5) is 4.33. The molecule has 0 atom stereocenters. The van der Waals surface area contributed by atoms with Crippen molar-refractivity contribution >= 4 is 16.6 Å². The molecule has 3 nitrogen and oxygen atoms in total. The van der Waals surface area contributed by atoms with Crippen molar-refractivity contribution in [2.75, 3.05) is 5.43 Å². The van der Waals surface area contributed by atoms with Crippen LogP contribution in [0.5, 0.6) is 0 Å². The molecule has 0 aliphatic heterocycles. The highest BCUT2D eigenvalue weighted by Crippen LogP contribution is 2.33. The number of aryl methyl sites for hydroxylation is 1. The zero-order chi connectivity index (χ0) is 13.4. The van der Waals surface area contributed by atoms with Crippen LogP contribution >= 0.6 is 0 Å². The van der Waals surface area contributed by atoms with Crippen molar-refractivity contribution in [3.05, 3.63) is 35.0 Å². The second kappa shape index (κ2) is 4.74. The third-order valence-electron chi connectivity index (χ3n) is 3.72. The lowest BCUT2D eigenvalue weighted by Crippen LogP contribution is -2.13. The summed E-state index contributed by atoms with van der Waals surface area (Å²) in [6.45, 7) is 0. The fourth-order valence-electron chi connectivity index (χ4n) is 2.77. The third kappa shape index (κ3) is 1.94. The second-order valence-corrected chi connectivity index (χ2v) is 4.87. The van der Waals surface area contributed by atoms with Crippen LogP contribution in [-0.2, 0) is 12.8 Å². The van der Waals surface area contributed by atoms with Crippen LogP contribution in [0.1, 0.15) is 30.5 Å². The molecule has 0 radical (unpaired) electrons. The number of hydrogen-bond donors (Lipinski definition) is 2. The summed E-state index contributed by atoms with van der Waals surface area (Å²) in [7, 11) is 0. The highest BCUT2D eigenvalue weighted by molar-refractivity contribution is 5.93. The number of hydrazine groups is 1. The van der Waals surface area contributed by atoms with Crippen molar-refractivity contribution in [3.63, 3.8) is 0 Å². The van der Waals surface area contributed by atoms with Crippen molar-refractivity contribution in [3.8, 4) is 0 Å². The first-order valence-electron chi connectivity index (χ1n) is 6.48. The lowest BCUT2D eigenvalue weighted by molar-refractivity contribution is 0.515. The molecule has 0 fully saturated rings. The summed E-state index contributed by atoms with van der Waals surface area (Å²) in [6.07, 6.45) is 4.87. The van der Waals surface area contributed by atoms with Gasteiger partial charge in [0.1, 0.15) is 5.52 Å². The van der Waals surface area contributed by atoms with Crippen LogP contribution in [0.25, 0.3) is 10.9 Å². The third-order valence-corrected chi connectivity index (χ3v) is 3.72. The van der Waals surface area contributed by atoms with Crippen LogP contribution in [0, 0.1) is 11.6 Å². The van der Waals surface area contributed by atoms with Gasteiger partial charge in [-0.2, -0.15) is 0 Å². The lowest BCUT2D eigenvalue weighted by atomic mass is 10.0. The molecule has 0 saturated carbocycles. The Labute approximate surface area is 109 Å². The topological polar surface area (TPSA) is 50.9 Å². The van der Waals surface area contributed by atoms with Crippen molar-refractivity contribution in [1.82, 2.24) is 4.98 Å². The van der Waals surface area contributed by atoms with Gasteiger partial charge in [0.15, 0.2) is 11.6 Å². The second-order valence-electron chi connectivity index (χ2n) is 4.87. The van der Waals surface area contributed by atoms with Gasteiger partial charge in [0.2, 0.25) is 0 Å². The minimum atomic E-state index is -0.902. The van der Waals surface area contributed by atoms with Crippen molar-refractivity contribution < 1.29 is 8.78 Å². The van der Waals surface area contributed by atoms with E-state index in [1.165, 1.54) is 6.07 Å². The van der Waals surface area contributed by atoms with Crippen molar-refractivity contribution in [2.24, 2.45) is 5.84 Å². The Bertz CT molecular complexity index is 640. The molecule has 0 saturated heterocycles. The molecule has 0 spiro atoms. The van der Waals surface area contributed by atoms with E-state index in [1.54, 1.807) is 0 Å². The van der Waals surface area contributed by atoms with Crippen LogP contribution in [0.15, 0.2) is 12.1 Å². The maximum atomic E-state index is 13.9. The van der Waals surface area contributed by atoms with Crippen molar-refractivity contribution in [2.45, 2.75) is 32.1 Å².